The summed E-state index contributed by atoms with van der Waals surface area (Å²) in [5, 5.41) is 14.8. The first-order chi connectivity index (χ1) is 9.60. The molecule has 0 saturated carbocycles. The lowest BCUT2D eigenvalue weighted by Crippen LogP contribution is -2.52. The smallest absolute Gasteiger partial charge is 0.334 e. The molecule has 0 aromatic rings. The van der Waals surface area contributed by atoms with E-state index in [1.54, 1.807) is 0 Å². The molecule has 2 amide bonds. The van der Waals surface area contributed by atoms with Crippen LogP contribution in [0.4, 0.5) is 4.79 Å². The molecule has 1 aliphatic rings. The van der Waals surface area contributed by atoms with Crippen LogP contribution in [0.2, 0.25) is 0 Å². The third-order valence-corrected chi connectivity index (χ3v) is 3.47. The van der Waals surface area contributed by atoms with Crippen molar-refractivity contribution in [2.45, 2.75) is 38.3 Å². The highest BCUT2D eigenvalue weighted by atomic mass is 16.5. The number of rotatable bonds is 7. The summed E-state index contributed by atoms with van der Waals surface area (Å²) in [5.74, 6) is -1.07. The van der Waals surface area contributed by atoms with E-state index in [0.29, 0.717) is 6.54 Å². The Balaban J connectivity index is 2.52. The number of piperidine rings is 1. The lowest BCUT2D eigenvalue weighted by atomic mass is 10.0. The maximum Gasteiger partial charge on any atom is 0.334 e. The summed E-state index contributed by atoms with van der Waals surface area (Å²) >= 11 is 0. The molecule has 0 aromatic carbocycles. The largest absolute Gasteiger partial charge is 0.479 e. The standard InChI is InChI=1S/C13H25N3O4/c1-3-8-16(10-4-6-14-7-5-10)13(19)15-9-11(20-2)12(17)18/h10-11,14H,3-9H2,1-2H3,(H,15,19)(H,17,18). The summed E-state index contributed by atoms with van der Waals surface area (Å²) in [4.78, 5) is 24.9. The predicted molar refractivity (Wildman–Crippen MR) is 74.7 cm³/mol. The molecule has 20 heavy (non-hydrogen) atoms. The quantitative estimate of drug-likeness (QED) is 0.625. The molecule has 0 bridgehead atoms. The van der Waals surface area contributed by atoms with E-state index >= 15 is 0 Å². The maximum atomic E-state index is 12.2. The highest BCUT2D eigenvalue weighted by Gasteiger charge is 2.26. The molecular weight excluding hydrogens is 262 g/mol. The lowest BCUT2D eigenvalue weighted by molar-refractivity contribution is -0.148. The lowest BCUT2D eigenvalue weighted by Gasteiger charge is -2.34. The van der Waals surface area contributed by atoms with Crippen LogP contribution in [0.15, 0.2) is 0 Å². The number of carboxylic acids is 1. The molecule has 1 unspecified atom stereocenters. The Bertz CT molecular complexity index is 319. The van der Waals surface area contributed by atoms with E-state index in [2.05, 4.69) is 10.6 Å². The summed E-state index contributed by atoms with van der Waals surface area (Å²) in [6.45, 7) is 4.51. The highest BCUT2D eigenvalue weighted by molar-refractivity contribution is 5.77. The zero-order valence-corrected chi connectivity index (χ0v) is 12.2. The number of hydrogen-bond donors (Lipinski definition) is 3. The molecular formula is C13H25N3O4. The van der Waals surface area contributed by atoms with Crippen molar-refractivity contribution in [2.24, 2.45) is 0 Å². The van der Waals surface area contributed by atoms with Gasteiger partial charge in [0.1, 0.15) is 0 Å². The number of amides is 2. The number of urea groups is 1. The molecule has 0 aromatic heterocycles. The van der Waals surface area contributed by atoms with Gasteiger partial charge in [0.2, 0.25) is 0 Å². The van der Waals surface area contributed by atoms with Gasteiger partial charge in [-0.15, -0.1) is 0 Å². The van der Waals surface area contributed by atoms with Crippen LogP contribution in [-0.2, 0) is 9.53 Å². The second kappa shape index (κ2) is 8.76. The number of ether oxygens (including phenoxy) is 1. The highest BCUT2D eigenvalue weighted by Crippen LogP contribution is 2.12. The van der Waals surface area contributed by atoms with Gasteiger partial charge in [-0.05, 0) is 32.4 Å². The Labute approximate surface area is 119 Å². The fourth-order valence-corrected chi connectivity index (χ4v) is 2.36. The average Bonchev–Trinajstić information content (AvgIpc) is 2.45. The molecule has 1 rings (SSSR count). The van der Waals surface area contributed by atoms with Gasteiger partial charge in [0.05, 0.1) is 6.54 Å². The molecule has 1 saturated heterocycles. The van der Waals surface area contributed by atoms with Crippen molar-refractivity contribution in [1.29, 1.82) is 0 Å². The minimum absolute atomic E-state index is 0.0180. The number of carboxylic acid groups (broad SMARTS) is 1. The van der Waals surface area contributed by atoms with Crippen molar-refractivity contribution in [3.63, 3.8) is 0 Å². The monoisotopic (exact) mass is 287 g/mol. The van der Waals surface area contributed by atoms with Crippen LogP contribution in [0.5, 0.6) is 0 Å². The van der Waals surface area contributed by atoms with Gasteiger partial charge in [-0.25, -0.2) is 9.59 Å². The van der Waals surface area contributed by atoms with Crippen LogP contribution in [0.1, 0.15) is 26.2 Å². The number of aliphatic carboxylic acids is 1. The molecule has 0 radical (unpaired) electrons. The molecule has 116 valence electrons. The van der Waals surface area contributed by atoms with Crippen molar-refractivity contribution in [3.8, 4) is 0 Å². The molecule has 1 atom stereocenters. The molecule has 1 fully saturated rings. The SMILES string of the molecule is CCCN(C(=O)NCC(OC)C(=O)O)C1CCNCC1. The molecule has 0 aliphatic carbocycles. The van der Waals surface area contributed by atoms with Crippen molar-refractivity contribution in [3.05, 3.63) is 0 Å². The van der Waals surface area contributed by atoms with Crippen LogP contribution in [0.25, 0.3) is 0 Å². The Morgan fingerprint density at radius 1 is 1.45 bits per heavy atom. The van der Waals surface area contributed by atoms with Gasteiger partial charge in [0.15, 0.2) is 6.10 Å². The van der Waals surface area contributed by atoms with E-state index in [9.17, 15) is 9.59 Å². The fourth-order valence-electron chi connectivity index (χ4n) is 2.36. The maximum absolute atomic E-state index is 12.2. The summed E-state index contributed by atoms with van der Waals surface area (Å²) < 4.78 is 4.80. The van der Waals surface area contributed by atoms with Gasteiger partial charge in [-0.3, -0.25) is 0 Å². The third kappa shape index (κ3) is 4.97. The predicted octanol–water partition coefficient (Wildman–Crippen LogP) is 0.260. The van der Waals surface area contributed by atoms with Crippen LogP contribution in [-0.4, -0.2) is 67.4 Å². The number of nitrogens with zero attached hydrogens (tertiary/aromatic N) is 1. The van der Waals surface area contributed by atoms with E-state index in [-0.39, 0.29) is 18.6 Å². The normalized spacial score (nSPS) is 17.5. The second-order valence-electron chi connectivity index (χ2n) is 4.92. The minimum Gasteiger partial charge on any atom is -0.479 e. The summed E-state index contributed by atoms with van der Waals surface area (Å²) in [6, 6.07) is 0.0177. The van der Waals surface area contributed by atoms with E-state index in [4.69, 9.17) is 9.84 Å². The van der Waals surface area contributed by atoms with E-state index < -0.39 is 12.1 Å². The van der Waals surface area contributed by atoms with Gasteiger partial charge in [0.25, 0.3) is 0 Å². The van der Waals surface area contributed by atoms with Crippen LogP contribution in [0.3, 0.4) is 0 Å². The van der Waals surface area contributed by atoms with Gasteiger partial charge in [0, 0.05) is 19.7 Å². The zero-order valence-electron chi connectivity index (χ0n) is 12.2. The minimum atomic E-state index is -1.07. The Hall–Kier alpha value is -1.34. The van der Waals surface area contributed by atoms with Crippen molar-refractivity contribution in [2.75, 3.05) is 33.3 Å². The zero-order chi connectivity index (χ0) is 15.0. The topological polar surface area (TPSA) is 90.9 Å². The Morgan fingerprint density at radius 3 is 2.60 bits per heavy atom. The molecule has 1 heterocycles. The summed E-state index contributed by atoms with van der Waals surface area (Å²) in [6.07, 6.45) is 1.74. The van der Waals surface area contributed by atoms with Crippen molar-refractivity contribution >= 4 is 12.0 Å². The first kappa shape index (κ1) is 16.7. The first-order valence-corrected chi connectivity index (χ1v) is 7.11. The second-order valence-corrected chi connectivity index (χ2v) is 4.92. The van der Waals surface area contributed by atoms with Crippen molar-refractivity contribution < 1.29 is 19.4 Å². The molecule has 7 nitrogen and oxygen atoms in total. The fraction of sp³-hybridized carbons (Fsp3) is 0.846. The number of carbonyl (C=O) groups is 2. The first-order valence-electron chi connectivity index (χ1n) is 7.11. The molecule has 1 aliphatic heterocycles. The van der Waals surface area contributed by atoms with E-state index in [0.717, 1.165) is 32.4 Å². The van der Waals surface area contributed by atoms with Gasteiger partial charge in [-0.1, -0.05) is 6.92 Å². The van der Waals surface area contributed by atoms with Gasteiger partial charge < -0.3 is 25.4 Å². The molecule has 3 N–H and O–H groups in total. The summed E-state index contributed by atoms with van der Waals surface area (Å²) in [5.41, 5.74) is 0. The number of hydrogen-bond acceptors (Lipinski definition) is 4. The van der Waals surface area contributed by atoms with Crippen molar-refractivity contribution in [1.82, 2.24) is 15.5 Å². The number of methoxy groups -OCH3 is 1. The van der Waals surface area contributed by atoms with Crippen LogP contribution in [0, 0.1) is 0 Å². The van der Waals surface area contributed by atoms with Gasteiger partial charge in [-0.2, -0.15) is 0 Å². The Kier molecular flexibility index (Phi) is 7.32. The average molecular weight is 287 g/mol. The van der Waals surface area contributed by atoms with Crippen LogP contribution >= 0.6 is 0 Å². The third-order valence-electron chi connectivity index (χ3n) is 3.47. The van der Waals surface area contributed by atoms with Gasteiger partial charge >= 0.3 is 12.0 Å². The van der Waals surface area contributed by atoms with E-state index in [1.165, 1.54) is 7.11 Å². The molecule has 7 heteroatoms. The molecule has 0 spiro atoms. The van der Waals surface area contributed by atoms with Crippen LogP contribution < -0.4 is 10.6 Å². The van der Waals surface area contributed by atoms with E-state index in [1.807, 2.05) is 11.8 Å². The number of carbonyl (C=O) groups excluding carboxylic acids is 1. The summed E-state index contributed by atoms with van der Waals surface area (Å²) in [7, 11) is 1.32. The number of nitrogens with one attached hydrogen (secondary N) is 2. The Morgan fingerprint density at radius 2 is 2.10 bits per heavy atom.